The molecule has 0 aliphatic rings. The Morgan fingerprint density at radius 1 is 1.35 bits per heavy atom. The third-order valence-electron chi connectivity index (χ3n) is 2.73. The average Bonchev–Trinajstić information content (AvgIpc) is 2.27. The molecular formula is C14H22BrNO. The van der Waals surface area contributed by atoms with Crippen molar-refractivity contribution in [3.8, 4) is 5.75 Å². The van der Waals surface area contributed by atoms with E-state index >= 15 is 0 Å². The van der Waals surface area contributed by atoms with Gasteiger partial charge in [-0.15, -0.1) is 0 Å². The summed E-state index contributed by atoms with van der Waals surface area (Å²) in [5.74, 6) is 1.61. The van der Waals surface area contributed by atoms with Crippen LogP contribution in [0.5, 0.6) is 5.75 Å². The highest BCUT2D eigenvalue weighted by Gasteiger charge is 2.16. The van der Waals surface area contributed by atoms with Crippen LogP contribution in [0, 0.1) is 5.92 Å². The van der Waals surface area contributed by atoms with Crippen molar-refractivity contribution in [1.29, 1.82) is 0 Å². The Bertz CT molecular complexity index is 352. The van der Waals surface area contributed by atoms with Gasteiger partial charge in [-0.05, 0) is 31.0 Å². The Hall–Kier alpha value is -0.540. The highest BCUT2D eigenvalue weighted by atomic mass is 79.9. The molecule has 1 unspecified atom stereocenters. The predicted molar refractivity (Wildman–Crippen MR) is 76.6 cm³/mol. The Morgan fingerprint density at radius 2 is 2.06 bits per heavy atom. The first-order chi connectivity index (χ1) is 8.08. The van der Waals surface area contributed by atoms with Gasteiger partial charge < -0.3 is 10.1 Å². The molecule has 1 aromatic rings. The molecule has 0 aliphatic heterocycles. The number of methoxy groups -OCH3 is 1. The van der Waals surface area contributed by atoms with E-state index in [1.165, 1.54) is 5.56 Å². The summed E-state index contributed by atoms with van der Waals surface area (Å²) in [7, 11) is 1.73. The molecule has 0 fully saturated rings. The minimum absolute atomic E-state index is 0.364. The summed E-state index contributed by atoms with van der Waals surface area (Å²) in [6.07, 6.45) is 1.12. The van der Waals surface area contributed by atoms with Crippen LogP contribution in [0.2, 0.25) is 0 Å². The van der Waals surface area contributed by atoms with E-state index in [0.29, 0.717) is 12.0 Å². The summed E-state index contributed by atoms with van der Waals surface area (Å²) in [5, 5.41) is 3.53. The number of hydrogen-bond donors (Lipinski definition) is 1. The van der Waals surface area contributed by atoms with Gasteiger partial charge in [0.1, 0.15) is 5.75 Å². The summed E-state index contributed by atoms with van der Waals surface area (Å²) in [4.78, 5) is 0. The molecule has 0 aromatic heterocycles. The molecule has 0 amide bonds. The van der Waals surface area contributed by atoms with Gasteiger partial charge >= 0.3 is 0 Å². The monoisotopic (exact) mass is 299 g/mol. The molecule has 1 aromatic carbocycles. The maximum Gasteiger partial charge on any atom is 0.124 e. The lowest BCUT2D eigenvalue weighted by Crippen LogP contribution is -2.23. The van der Waals surface area contributed by atoms with Gasteiger partial charge in [-0.2, -0.15) is 0 Å². The number of halogens is 1. The van der Waals surface area contributed by atoms with Crippen molar-refractivity contribution >= 4 is 15.9 Å². The molecule has 0 bridgehead atoms. The van der Waals surface area contributed by atoms with Gasteiger partial charge in [0.2, 0.25) is 0 Å². The smallest absolute Gasteiger partial charge is 0.124 e. The van der Waals surface area contributed by atoms with Crippen LogP contribution in [0.4, 0.5) is 0 Å². The van der Waals surface area contributed by atoms with Gasteiger partial charge in [-0.1, -0.05) is 42.8 Å². The van der Waals surface area contributed by atoms with E-state index in [0.717, 1.165) is 23.2 Å². The Morgan fingerprint density at radius 3 is 2.59 bits per heavy atom. The van der Waals surface area contributed by atoms with E-state index < -0.39 is 0 Å². The maximum absolute atomic E-state index is 5.47. The van der Waals surface area contributed by atoms with Crippen LogP contribution in [-0.2, 0) is 0 Å². The van der Waals surface area contributed by atoms with E-state index in [-0.39, 0.29) is 0 Å². The molecule has 0 saturated heterocycles. The minimum atomic E-state index is 0.364. The fourth-order valence-corrected chi connectivity index (χ4v) is 2.35. The van der Waals surface area contributed by atoms with Gasteiger partial charge in [-0.25, -0.2) is 0 Å². The van der Waals surface area contributed by atoms with E-state index in [1.807, 2.05) is 6.07 Å². The van der Waals surface area contributed by atoms with Crippen LogP contribution in [0.3, 0.4) is 0 Å². The SMILES string of the molecule is CCNC(CC(C)C)c1ccc(Br)cc1OC. The predicted octanol–water partition coefficient (Wildman–Crippen LogP) is 4.15. The molecule has 3 heteroatoms. The number of rotatable bonds is 6. The van der Waals surface area contributed by atoms with Gasteiger partial charge in [0.15, 0.2) is 0 Å². The Kier molecular flexibility index (Phi) is 6.00. The van der Waals surface area contributed by atoms with Crippen molar-refractivity contribution in [2.24, 2.45) is 5.92 Å². The van der Waals surface area contributed by atoms with Crippen molar-refractivity contribution < 1.29 is 4.74 Å². The molecule has 0 heterocycles. The highest BCUT2D eigenvalue weighted by Crippen LogP contribution is 2.31. The molecule has 0 aliphatic carbocycles. The Balaban J connectivity index is 2.99. The first-order valence-electron chi connectivity index (χ1n) is 6.15. The quantitative estimate of drug-likeness (QED) is 0.852. The Labute approximate surface area is 113 Å². The van der Waals surface area contributed by atoms with Gasteiger partial charge in [0.25, 0.3) is 0 Å². The largest absolute Gasteiger partial charge is 0.496 e. The highest BCUT2D eigenvalue weighted by molar-refractivity contribution is 9.10. The normalized spacial score (nSPS) is 12.8. The lowest BCUT2D eigenvalue weighted by Gasteiger charge is -2.22. The number of benzene rings is 1. The van der Waals surface area contributed by atoms with Crippen LogP contribution in [0.1, 0.15) is 38.8 Å². The second-order valence-corrected chi connectivity index (χ2v) is 5.54. The van der Waals surface area contributed by atoms with E-state index in [2.05, 4.69) is 54.2 Å². The van der Waals surface area contributed by atoms with Crippen molar-refractivity contribution in [3.63, 3.8) is 0 Å². The third-order valence-corrected chi connectivity index (χ3v) is 3.22. The second-order valence-electron chi connectivity index (χ2n) is 4.63. The lowest BCUT2D eigenvalue weighted by molar-refractivity contribution is 0.383. The van der Waals surface area contributed by atoms with Crippen LogP contribution < -0.4 is 10.1 Å². The zero-order valence-electron chi connectivity index (χ0n) is 11.1. The van der Waals surface area contributed by atoms with Crippen molar-refractivity contribution in [2.45, 2.75) is 33.2 Å². The van der Waals surface area contributed by atoms with Crippen LogP contribution >= 0.6 is 15.9 Å². The van der Waals surface area contributed by atoms with E-state index in [1.54, 1.807) is 7.11 Å². The number of ether oxygens (including phenoxy) is 1. The zero-order chi connectivity index (χ0) is 12.8. The van der Waals surface area contributed by atoms with E-state index in [4.69, 9.17) is 4.74 Å². The van der Waals surface area contributed by atoms with Crippen LogP contribution in [0.15, 0.2) is 22.7 Å². The molecule has 2 nitrogen and oxygen atoms in total. The summed E-state index contributed by atoms with van der Waals surface area (Å²) >= 11 is 3.48. The molecule has 1 rings (SSSR count). The van der Waals surface area contributed by atoms with Crippen molar-refractivity contribution in [1.82, 2.24) is 5.32 Å². The second kappa shape index (κ2) is 7.02. The third kappa shape index (κ3) is 4.32. The molecule has 1 atom stereocenters. The number of hydrogen-bond acceptors (Lipinski definition) is 2. The van der Waals surface area contributed by atoms with Crippen LogP contribution in [0.25, 0.3) is 0 Å². The molecular weight excluding hydrogens is 278 g/mol. The topological polar surface area (TPSA) is 21.3 Å². The molecule has 96 valence electrons. The minimum Gasteiger partial charge on any atom is -0.496 e. The summed E-state index contributed by atoms with van der Waals surface area (Å²) < 4.78 is 6.52. The molecule has 1 N–H and O–H groups in total. The van der Waals surface area contributed by atoms with Gasteiger partial charge in [0.05, 0.1) is 7.11 Å². The van der Waals surface area contributed by atoms with Crippen LogP contribution in [-0.4, -0.2) is 13.7 Å². The first kappa shape index (κ1) is 14.5. The first-order valence-corrected chi connectivity index (χ1v) is 6.94. The molecule has 0 saturated carbocycles. The summed E-state index contributed by atoms with van der Waals surface area (Å²) in [5.41, 5.74) is 1.24. The van der Waals surface area contributed by atoms with E-state index in [9.17, 15) is 0 Å². The lowest BCUT2D eigenvalue weighted by atomic mass is 9.96. The summed E-state index contributed by atoms with van der Waals surface area (Å²) in [6, 6.07) is 6.60. The fourth-order valence-electron chi connectivity index (χ4n) is 2.01. The summed E-state index contributed by atoms with van der Waals surface area (Å²) in [6.45, 7) is 7.60. The average molecular weight is 300 g/mol. The number of nitrogens with one attached hydrogen (secondary N) is 1. The maximum atomic E-state index is 5.47. The molecule has 0 spiro atoms. The van der Waals surface area contributed by atoms with Crippen molar-refractivity contribution in [2.75, 3.05) is 13.7 Å². The standard InChI is InChI=1S/C14H22BrNO/c1-5-16-13(8-10(2)3)12-7-6-11(15)9-14(12)17-4/h6-7,9-10,13,16H,5,8H2,1-4H3. The van der Waals surface area contributed by atoms with Gasteiger partial charge in [-0.3, -0.25) is 0 Å². The molecule has 17 heavy (non-hydrogen) atoms. The van der Waals surface area contributed by atoms with Crippen molar-refractivity contribution in [3.05, 3.63) is 28.2 Å². The molecule has 0 radical (unpaired) electrons. The zero-order valence-corrected chi connectivity index (χ0v) is 12.7. The fraction of sp³-hybridized carbons (Fsp3) is 0.571. The van der Waals surface area contributed by atoms with Gasteiger partial charge in [0, 0.05) is 16.1 Å².